The smallest absolute Gasteiger partial charge is 0.0720 e. The molecule has 0 amide bonds. The maximum Gasteiger partial charge on any atom is 0.0720 e. The molecule has 1 aromatic rings. The van der Waals surface area contributed by atoms with E-state index in [2.05, 4.69) is 57.3 Å². The van der Waals surface area contributed by atoms with Crippen molar-refractivity contribution >= 4 is 0 Å². The Balaban J connectivity index is 2.33. The minimum absolute atomic E-state index is 0.689. The highest BCUT2D eigenvalue weighted by atomic mass is 16.5. The number of benzene rings is 1. The lowest BCUT2D eigenvalue weighted by atomic mass is 10.1. The van der Waals surface area contributed by atoms with Gasteiger partial charge >= 0.3 is 0 Å². The van der Waals surface area contributed by atoms with Crippen molar-refractivity contribution in [2.24, 2.45) is 11.8 Å². The molecule has 0 aliphatic rings. The quantitative estimate of drug-likeness (QED) is 0.641. The normalized spacial score (nSPS) is 11.5. The summed E-state index contributed by atoms with van der Waals surface area (Å²) in [5.41, 5.74) is 2.67. The van der Waals surface area contributed by atoms with Crippen molar-refractivity contribution in [1.82, 2.24) is 5.32 Å². The summed E-state index contributed by atoms with van der Waals surface area (Å²) in [5.74, 6) is 1.46. The van der Waals surface area contributed by atoms with Crippen LogP contribution in [0.1, 0.15) is 51.7 Å². The van der Waals surface area contributed by atoms with Crippen LogP contribution in [0.4, 0.5) is 0 Å². The Bertz CT molecular complexity index is 360. The van der Waals surface area contributed by atoms with Gasteiger partial charge in [0.25, 0.3) is 0 Å². The lowest BCUT2D eigenvalue weighted by molar-refractivity contribution is 0.114. The van der Waals surface area contributed by atoms with E-state index in [1.54, 1.807) is 0 Å². The van der Waals surface area contributed by atoms with Gasteiger partial charge in [-0.15, -0.1) is 0 Å². The molecule has 0 bridgehead atoms. The second-order valence-electron chi connectivity index (χ2n) is 6.38. The van der Waals surface area contributed by atoms with Crippen LogP contribution in [-0.2, 0) is 17.9 Å². The third kappa shape index (κ3) is 7.66. The average molecular weight is 277 g/mol. The fourth-order valence-corrected chi connectivity index (χ4v) is 2.14. The minimum Gasteiger partial charge on any atom is -0.377 e. The predicted molar refractivity (Wildman–Crippen MR) is 86.7 cm³/mol. The first-order valence-corrected chi connectivity index (χ1v) is 7.94. The fraction of sp³-hybridized carbons (Fsp3) is 0.667. The number of rotatable bonds is 10. The first-order valence-electron chi connectivity index (χ1n) is 7.94. The molecule has 1 rings (SSSR count). The molecule has 0 aliphatic carbocycles. The third-order valence-electron chi connectivity index (χ3n) is 3.31. The summed E-state index contributed by atoms with van der Waals surface area (Å²) in [6.07, 6.45) is 2.41. The molecule has 0 unspecified atom stereocenters. The Hall–Kier alpha value is -0.860. The molecule has 1 N–H and O–H groups in total. The standard InChI is InChI=1S/C18H31NO/c1-15(2)8-7-11-20-14-18-10-6-5-9-17(18)13-19-12-16(3)4/h5-6,9-10,15-16,19H,7-8,11-14H2,1-4H3. The largest absolute Gasteiger partial charge is 0.377 e. The Morgan fingerprint density at radius 2 is 1.70 bits per heavy atom. The summed E-state index contributed by atoms with van der Waals surface area (Å²) >= 11 is 0. The zero-order chi connectivity index (χ0) is 14.8. The van der Waals surface area contributed by atoms with E-state index < -0.39 is 0 Å². The minimum atomic E-state index is 0.689. The predicted octanol–water partition coefficient (Wildman–Crippen LogP) is 4.39. The lowest BCUT2D eigenvalue weighted by Gasteiger charge is -2.12. The maximum atomic E-state index is 5.81. The van der Waals surface area contributed by atoms with E-state index >= 15 is 0 Å². The van der Waals surface area contributed by atoms with Crippen molar-refractivity contribution in [3.8, 4) is 0 Å². The van der Waals surface area contributed by atoms with Crippen LogP contribution < -0.4 is 5.32 Å². The van der Waals surface area contributed by atoms with E-state index in [1.807, 2.05) is 0 Å². The molecular formula is C18H31NO. The van der Waals surface area contributed by atoms with Crippen molar-refractivity contribution in [3.05, 3.63) is 35.4 Å². The Labute approximate surface area is 124 Å². The van der Waals surface area contributed by atoms with Crippen molar-refractivity contribution in [1.29, 1.82) is 0 Å². The summed E-state index contributed by atoms with van der Waals surface area (Å²) in [6.45, 7) is 12.6. The van der Waals surface area contributed by atoms with Gasteiger partial charge in [-0.2, -0.15) is 0 Å². The van der Waals surface area contributed by atoms with Crippen LogP contribution in [0, 0.1) is 11.8 Å². The van der Waals surface area contributed by atoms with Crippen molar-refractivity contribution in [2.45, 2.75) is 53.7 Å². The Kier molecular flexibility index (Phi) is 8.56. The molecule has 0 spiro atoms. The molecule has 1 aromatic carbocycles. The van der Waals surface area contributed by atoms with Gasteiger partial charge in [0.2, 0.25) is 0 Å². The first-order chi connectivity index (χ1) is 9.59. The van der Waals surface area contributed by atoms with Crippen molar-refractivity contribution < 1.29 is 4.74 Å². The van der Waals surface area contributed by atoms with Crippen LogP contribution in [0.3, 0.4) is 0 Å². The monoisotopic (exact) mass is 277 g/mol. The van der Waals surface area contributed by atoms with Gasteiger partial charge in [0.05, 0.1) is 6.61 Å². The molecule has 114 valence electrons. The van der Waals surface area contributed by atoms with Crippen LogP contribution in [0.2, 0.25) is 0 Å². The fourth-order valence-electron chi connectivity index (χ4n) is 2.14. The SMILES string of the molecule is CC(C)CCCOCc1ccccc1CNCC(C)C. The van der Waals surface area contributed by atoms with E-state index in [9.17, 15) is 0 Å². The summed E-state index contributed by atoms with van der Waals surface area (Å²) in [4.78, 5) is 0. The van der Waals surface area contributed by atoms with E-state index in [1.165, 1.54) is 17.5 Å². The van der Waals surface area contributed by atoms with Gasteiger partial charge in [0.15, 0.2) is 0 Å². The molecule has 0 heterocycles. The molecule has 0 fully saturated rings. The van der Waals surface area contributed by atoms with Crippen LogP contribution >= 0.6 is 0 Å². The van der Waals surface area contributed by atoms with Gasteiger partial charge in [-0.3, -0.25) is 0 Å². The summed E-state index contributed by atoms with van der Waals surface area (Å²) in [7, 11) is 0. The molecule has 0 saturated heterocycles. The molecule has 0 aromatic heterocycles. The van der Waals surface area contributed by atoms with Gasteiger partial charge in [0.1, 0.15) is 0 Å². The number of ether oxygens (including phenoxy) is 1. The molecule has 2 nitrogen and oxygen atoms in total. The topological polar surface area (TPSA) is 21.3 Å². The number of hydrogen-bond donors (Lipinski definition) is 1. The van der Waals surface area contributed by atoms with E-state index in [-0.39, 0.29) is 0 Å². The highest BCUT2D eigenvalue weighted by molar-refractivity contribution is 5.26. The van der Waals surface area contributed by atoms with Crippen LogP contribution in [0.25, 0.3) is 0 Å². The molecule has 0 saturated carbocycles. The molecule has 20 heavy (non-hydrogen) atoms. The second kappa shape index (κ2) is 9.95. The first kappa shape index (κ1) is 17.2. The molecular weight excluding hydrogens is 246 g/mol. The Morgan fingerprint density at radius 3 is 2.35 bits per heavy atom. The number of hydrogen-bond acceptors (Lipinski definition) is 2. The van der Waals surface area contributed by atoms with Gasteiger partial charge in [-0.05, 0) is 42.3 Å². The van der Waals surface area contributed by atoms with E-state index in [0.717, 1.165) is 38.6 Å². The maximum absolute atomic E-state index is 5.81. The lowest BCUT2D eigenvalue weighted by Crippen LogP contribution is -2.19. The second-order valence-corrected chi connectivity index (χ2v) is 6.38. The van der Waals surface area contributed by atoms with Gasteiger partial charge in [-0.25, -0.2) is 0 Å². The zero-order valence-electron chi connectivity index (χ0n) is 13.6. The molecule has 0 aliphatic heterocycles. The summed E-state index contributed by atoms with van der Waals surface area (Å²) in [5, 5.41) is 3.50. The van der Waals surface area contributed by atoms with Gasteiger partial charge < -0.3 is 10.1 Å². The number of nitrogens with one attached hydrogen (secondary N) is 1. The van der Waals surface area contributed by atoms with Crippen molar-refractivity contribution in [3.63, 3.8) is 0 Å². The Morgan fingerprint density at radius 1 is 1.00 bits per heavy atom. The highest BCUT2D eigenvalue weighted by Crippen LogP contribution is 2.11. The van der Waals surface area contributed by atoms with Gasteiger partial charge in [0, 0.05) is 13.2 Å². The van der Waals surface area contributed by atoms with Crippen molar-refractivity contribution in [2.75, 3.05) is 13.2 Å². The third-order valence-corrected chi connectivity index (χ3v) is 3.31. The zero-order valence-corrected chi connectivity index (χ0v) is 13.6. The average Bonchev–Trinajstić information content (AvgIpc) is 2.39. The van der Waals surface area contributed by atoms with Crippen LogP contribution in [-0.4, -0.2) is 13.2 Å². The molecule has 0 radical (unpaired) electrons. The van der Waals surface area contributed by atoms with E-state index in [4.69, 9.17) is 4.74 Å². The van der Waals surface area contributed by atoms with Crippen LogP contribution in [0.5, 0.6) is 0 Å². The highest BCUT2D eigenvalue weighted by Gasteiger charge is 2.02. The summed E-state index contributed by atoms with van der Waals surface area (Å²) < 4.78 is 5.81. The molecule has 2 heteroatoms. The van der Waals surface area contributed by atoms with Crippen LogP contribution in [0.15, 0.2) is 24.3 Å². The molecule has 0 atom stereocenters. The van der Waals surface area contributed by atoms with E-state index in [0.29, 0.717) is 5.92 Å². The van der Waals surface area contributed by atoms with Gasteiger partial charge in [-0.1, -0.05) is 52.0 Å². The summed E-state index contributed by atoms with van der Waals surface area (Å²) in [6, 6.07) is 8.57.